The van der Waals surface area contributed by atoms with Gasteiger partial charge in [0, 0.05) is 43.4 Å². The van der Waals surface area contributed by atoms with E-state index in [2.05, 4.69) is 10.2 Å². The minimum Gasteiger partial charge on any atom is -0.491 e. The third-order valence-electron chi connectivity index (χ3n) is 7.29. The number of hydrogen-bond donors (Lipinski definition) is 1. The maximum absolute atomic E-state index is 14.2. The van der Waals surface area contributed by atoms with Gasteiger partial charge in [-0.3, -0.25) is 9.30 Å². The number of nitrogens with two attached hydrogens (primary N) is 1. The van der Waals surface area contributed by atoms with Gasteiger partial charge in [0.25, 0.3) is 0 Å². The largest absolute Gasteiger partial charge is 0.491 e. The van der Waals surface area contributed by atoms with Crippen LogP contribution in [-0.4, -0.2) is 70.1 Å². The Labute approximate surface area is 241 Å². The highest BCUT2D eigenvalue weighted by Crippen LogP contribution is 2.47. The first-order valence-corrected chi connectivity index (χ1v) is 12.8. The number of ether oxygens (including phenoxy) is 2. The molecule has 0 radical (unpaired) electrons. The number of methoxy groups -OCH3 is 1. The molecule has 2 N–H and O–H groups in total. The molecule has 1 saturated carbocycles. The van der Waals surface area contributed by atoms with Crippen molar-refractivity contribution in [3.05, 3.63) is 53.7 Å². The van der Waals surface area contributed by atoms with Crippen LogP contribution in [0.3, 0.4) is 0 Å². The van der Waals surface area contributed by atoms with Crippen molar-refractivity contribution in [3.8, 4) is 17.3 Å². The van der Waals surface area contributed by atoms with E-state index < -0.39 is 12.2 Å². The summed E-state index contributed by atoms with van der Waals surface area (Å²) in [5, 5.41) is 9.47. The van der Waals surface area contributed by atoms with Crippen LogP contribution in [-0.2, 0) is 4.74 Å². The van der Waals surface area contributed by atoms with Gasteiger partial charge in [0.15, 0.2) is 11.5 Å². The van der Waals surface area contributed by atoms with Crippen LogP contribution in [0.2, 0.25) is 0 Å². The molecule has 1 aliphatic heterocycles. The molecule has 2 aliphatic rings. The zero-order chi connectivity index (χ0) is 26.4. The Kier molecular flexibility index (Phi) is 9.11. The monoisotopic (exact) mass is 598 g/mol. The smallest absolute Gasteiger partial charge is 0.408 e. The van der Waals surface area contributed by atoms with Crippen molar-refractivity contribution in [1.29, 1.82) is 0 Å². The second-order valence-electron chi connectivity index (χ2n) is 10.1. The molecule has 13 heteroatoms. The molecular weight excluding hydrogens is 568 g/mol. The summed E-state index contributed by atoms with van der Waals surface area (Å²) in [5.41, 5.74) is 8.89. The molecule has 2 atom stereocenters. The minimum absolute atomic E-state index is 0. The molecular formula is C27H31Cl2F3N6O2. The molecule has 0 bridgehead atoms. The lowest BCUT2D eigenvalue weighted by molar-refractivity contribution is -0.183. The lowest BCUT2D eigenvalue weighted by Crippen LogP contribution is -2.38. The summed E-state index contributed by atoms with van der Waals surface area (Å²) >= 11 is 0. The van der Waals surface area contributed by atoms with Crippen LogP contribution in [0.25, 0.3) is 28.1 Å². The fourth-order valence-corrected chi connectivity index (χ4v) is 5.34. The van der Waals surface area contributed by atoms with Gasteiger partial charge in [0.1, 0.15) is 24.1 Å². The first kappa shape index (κ1) is 30.3. The van der Waals surface area contributed by atoms with E-state index in [0.717, 1.165) is 35.1 Å². The normalized spacial score (nSPS) is 18.5. The van der Waals surface area contributed by atoms with Crippen LogP contribution in [0, 0.1) is 0 Å². The number of benzene rings is 1. The Bertz CT molecular complexity index is 1480. The quantitative estimate of drug-likeness (QED) is 0.274. The van der Waals surface area contributed by atoms with Crippen molar-refractivity contribution in [2.75, 3.05) is 33.4 Å². The molecule has 2 fully saturated rings. The number of hydrogen-bond acceptors (Lipinski definition) is 7. The van der Waals surface area contributed by atoms with E-state index in [1.54, 1.807) is 17.6 Å². The van der Waals surface area contributed by atoms with Crippen LogP contribution >= 0.6 is 24.8 Å². The van der Waals surface area contributed by atoms with Crippen LogP contribution in [0.4, 0.5) is 13.2 Å². The Balaban J connectivity index is 0.00000185. The zero-order valence-electron chi connectivity index (χ0n) is 21.8. The second kappa shape index (κ2) is 12.0. The second-order valence-corrected chi connectivity index (χ2v) is 10.1. The number of alkyl halides is 3. The van der Waals surface area contributed by atoms with E-state index in [0.29, 0.717) is 49.3 Å². The summed E-state index contributed by atoms with van der Waals surface area (Å²) in [6.45, 7) is 1.40. The first-order valence-electron chi connectivity index (χ1n) is 12.8. The summed E-state index contributed by atoms with van der Waals surface area (Å²) in [4.78, 5) is 6.34. The van der Waals surface area contributed by atoms with Gasteiger partial charge in [0.2, 0.25) is 0 Å². The number of rotatable bonds is 8. The van der Waals surface area contributed by atoms with Gasteiger partial charge in [-0.2, -0.15) is 13.2 Å². The number of nitrogens with zero attached hydrogens (tertiary/aromatic N) is 5. The molecule has 40 heavy (non-hydrogen) atoms. The summed E-state index contributed by atoms with van der Waals surface area (Å²) in [5.74, 6) is 1.53. The van der Waals surface area contributed by atoms with Gasteiger partial charge >= 0.3 is 6.18 Å². The van der Waals surface area contributed by atoms with Crippen molar-refractivity contribution in [2.24, 2.45) is 5.73 Å². The zero-order valence-corrected chi connectivity index (χ0v) is 23.4. The van der Waals surface area contributed by atoms with Crippen molar-refractivity contribution in [3.63, 3.8) is 0 Å². The Morgan fingerprint density at radius 3 is 2.48 bits per heavy atom. The van der Waals surface area contributed by atoms with Crippen LogP contribution < -0.4 is 10.5 Å². The highest BCUT2D eigenvalue weighted by molar-refractivity contribution is 5.87. The van der Waals surface area contributed by atoms with Gasteiger partial charge in [-0.15, -0.1) is 35.0 Å². The molecule has 4 heterocycles. The number of pyridine rings is 2. The van der Waals surface area contributed by atoms with Crippen LogP contribution in [0.15, 0.2) is 42.6 Å². The van der Waals surface area contributed by atoms with E-state index in [1.165, 1.54) is 17.2 Å². The van der Waals surface area contributed by atoms with E-state index in [1.807, 2.05) is 24.3 Å². The van der Waals surface area contributed by atoms with Gasteiger partial charge in [-0.1, -0.05) is 12.1 Å². The summed E-state index contributed by atoms with van der Waals surface area (Å²) in [6.07, 6.45) is -0.325. The van der Waals surface area contributed by atoms with Crippen molar-refractivity contribution in [1.82, 2.24) is 24.5 Å². The van der Waals surface area contributed by atoms with Gasteiger partial charge in [-0.05, 0) is 55.0 Å². The van der Waals surface area contributed by atoms with Gasteiger partial charge < -0.3 is 15.2 Å². The Morgan fingerprint density at radius 1 is 1.02 bits per heavy atom. The average Bonchev–Trinajstić information content (AvgIpc) is 3.50. The first-order chi connectivity index (χ1) is 18.3. The standard InChI is InChI=1S/C27H29F3N6O2.2ClH/c1-37-12-13-38-21-8-5-17-4-7-20(32-24(17)23(21)16-2-3-16)26-34-33-22-9-6-18(14-36(22)26)25(27(28,29)30)35-11-10-19(31)15-35;;/h4-9,14,16,19,25H,2-3,10-13,15,31H2,1H3;2*1H/t19-,25+;;/m0../s1. The number of fused-ring (bicyclic) bond motifs is 2. The number of aromatic nitrogens is 4. The van der Waals surface area contributed by atoms with E-state index in [4.69, 9.17) is 20.2 Å². The van der Waals surface area contributed by atoms with E-state index in [-0.39, 0.29) is 43.0 Å². The maximum atomic E-state index is 14.2. The molecule has 4 aromatic rings. The fourth-order valence-electron chi connectivity index (χ4n) is 5.34. The summed E-state index contributed by atoms with van der Waals surface area (Å²) in [6, 6.07) is 8.74. The third kappa shape index (κ3) is 5.84. The topological polar surface area (TPSA) is 90.8 Å². The van der Waals surface area contributed by atoms with Gasteiger partial charge in [-0.25, -0.2) is 4.98 Å². The van der Waals surface area contributed by atoms with Crippen molar-refractivity contribution >= 4 is 41.4 Å². The summed E-state index contributed by atoms with van der Waals surface area (Å²) in [7, 11) is 1.63. The molecule has 3 aromatic heterocycles. The molecule has 1 saturated heterocycles. The molecule has 1 aliphatic carbocycles. The van der Waals surface area contributed by atoms with Gasteiger partial charge in [0.05, 0.1) is 12.1 Å². The average molecular weight is 599 g/mol. The number of halogens is 5. The maximum Gasteiger partial charge on any atom is 0.408 e. The molecule has 216 valence electrons. The lowest BCUT2D eigenvalue weighted by Gasteiger charge is -2.30. The highest BCUT2D eigenvalue weighted by Gasteiger charge is 2.46. The minimum atomic E-state index is -4.45. The molecule has 0 amide bonds. The lowest BCUT2D eigenvalue weighted by atomic mass is 10.0. The SMILES string of the molecule is COCCOc1ccc2ccc(-c3nnc4ccc([C@@H](N5CC[C@H](N)C5)C(F)(F)F)cn34)nc2c1C1CC1.Cl.Cl. The third-order valence-corrected chi connectivity index (χ3v) is 7.29. The summed E-state index contributed by atoms with van der Waals surface area (Å²) < 4.78 is 55.4. The molecule has 0 spiro atoms. The molecule has 0 unspecified atom stereocenters. The Morgan fingerprint density at radius 2 is 1.80 bits per heavy atom. The van der Waals surface area contributed by atoms with Crippen LogP contribution in [0.1, 0.15) is 42.3 Å². The predicted molar refractivity (Wildman–Crippen MR) is 151 cm³/mol. The molecule has 8 nitrogen and oxygen atoms in total. The molecule has 1 aromatic carbocycles. The number of likely N-dealkylation sites (tertiary alicyclic amines) is 1. The van der Waals surface area contributed by atoms with E-state index >= 15 is 0 Å². The van der Waals surface area contributed by atoms with E-state index in [9.17, 15) is 13.2 Å². The van der Waals surface area contributed by atoms with Crippen molar-refractivity contribution in [2.45, 2.75) is 43.4 Å². The van der Waals surface area contributed by atoms with Crippen LogP contribution in [0.5, 0.6) is 5.75 Å². The predicted octanol–water partition coefficient (Wildman–Crippen LogP) is 5.33. The Hall–Kier alpha value is -2.70. The highest BCUT2D eigenvalue weighted by atomic mass is 35.5. The fraction of sp³-hybridized carbons (Fsp3) is 0.444. The van der Waals surface area contributed by atoms with Crippen molar-refractivity contribution < 1.29 is 22.6 Å². The molecule has 6 rings (SSSR count).